The Morgan fingerprint density at radius 2 is 0.633 bits per heavy atom. The van der Waals surface area contributed by atoms with E-state index in [4.69, 9.17) is 4.74 Å². The molecule has 1 amide bonds. The Kier molecular flexibility index (Phi) is 66.9. The molecule has 2 atom stereocenters. The lowest BCUT2D eigenvalue weighted by Gasteiger charge is -2.20. The number of carbonyl (C=O) groups excluding carboxylic acids is 2. The van der Waals surface area contributed by atoms with Crippen LogP contribution in [-0.4, -0.2) is 47.4 Å². The molecule has 0 rings (SSSR count). The molecule has 0 heterocycles. The van der Waals surface area contributed by atoms with Crippen LogP contribution in [0.15, 0.2) is 36.5 Å². The van der Waals surface area contributed by atoms with E-state index in [9.17, 15) is 19.8 Å². The second-order valence-corrected chi connectivity index (χ2v) is 24.6. The van der Waals surface area contributed by atoms with E-state index in [2.05, 4.69) is 43.5 Å². The number of aliphatic hydroxyl groups is 2. The summed E-state index contributed by atoms with van der Waals surface area (Å²) in [5, 5.41) is 23.0. The molecule has 6 heteroatoms. The van der Waals surface area contributed by atoms with Crippen LogP contribution in [0, 0.1) is 0 Å². The van der Waals surface area contributed by atoms with E-state index in [0.717, 1.165) is 44.9 Å². The second kappa shape index (κ2) is 68.6. The monoisotopic (exact) mass is 1110 g/mol. The number of unbranched alkanes of at least 4 members (excludes halogenated alkanes) is 52. The number of allylic oxidation sites excluding steroid dienone is 5. The molecular weight excluding hydrogens is 971 g/mol. The average Bonchev–Trinajstić information content (AvgIpc) is 3.45. The maximum absolute atomic E-state index is 12.4. The lowest BCUT2D eigenvalue weighted by atomic mass is 10.0. The Morgan fingerprint density at radius 1 is 0.354 bits per heavy atom. The second-order valence-electron chi connectivity index (χ2n) is 24.6. The van der Waals surface area contributed by atoms with Crippen molar-refractivity contribution in [3.8, 4) is 0 Å². The largest absolute Gasteiger partial charge is 0.466 e. The Hall–Kier alpha value is -1.92. The van der Waals surface area contributed by atoms with Crippen molar-refractivity contribution in [2.24, 2.45) is 0 Å². The van der Waals surface area contributed by atoms with Gasteiger partial charge in [0.05, 0.1) is 25.4 Å². The van der Waals surface area contributed by atoms with Crippen molar-refractivity contribution < 1.29 is 24.5 Å². The lowest BCUT2D eigenvalue weighted by Crippen LogP contribution is -2.45. The number of aliphatic hydroxyl groups excluding tert-OH is 2. The standard InChI is InChI=1S/C73H139NO5/c1-3-5-7-9-11-13-14-15-44-47-51-55-59-63-67-73(78)79-68-64-60-56-52-48-45-42-40-38-36-34-32-30-28-26-24-22-20-18-16-17-19-21-23-25-27-29-31-33-35-37-39-41-43-46-50-54-58-62-66-72(77)74-70(69-75)71(76)65-61-57-53-49-12-10-8-6-4-2/h16-17,20,22,61,65,70-71,75-76H,3-15,18-19,21,23-60,62-64,66-69H2,1-2H3,(H,74,77)/b17-16-,22-20-,65-61+. The van der Waals surface area contributed by atoms with Crippen molar-refractivity contribution >= 4 is 11.9 Å². The van der Waals surface area contributed by atoms with Gasteiger partial charge in [0.2, 0.25) is 5.91 Å². The van der Waals surface area contributed by atoms with Crippen molar-refractivity contribution in [1.82, 2.24) is 5.32 Å². The topological polar surface area (TPSA) is 95.9 Å². The number of rotatable bonds is 67. The maximum atomic E-state index is 12.4. The Balaban J connectivity index is 3.33. The molecule has 0 aliphatic rings. The van der Waals surface area contributed by atoms with Crippen molar-refractivity contribution in [3.63, 3.8) is 0 Å². The van der Waals surface area contributed by atoms with Gasteiger partial charge in [-0.2, -0.15) is 0 Å². The first kappa shape index (κ1) is 77.1. The summed E-state index contributed by atoms with van der Waals surface area (Å²) in [6.45, 7) is 4.90. The molecule has 0 radical (unpaired) electrons. The van der Waals surface area contributed by atoms with Crippen LogP contribution >= 0.6 is 0 Å². The van der Waals surface area contributed by atoms with Crippen molar-refractivity contribution in [2.75, 3.05) is 13.2 Å². The van der Waals surface area contributed by atoms with Gasteiger partial charge in [0, 0.05) is 12.8 Å². The zero-order chi connectivity index (χ0) is 57.1. The third kappa shape index (κ3) is 65.1. The molecule has 0 aromatic carbocycles. The molecule has 0 aliphatic heterocycles. The fourth-order valence-corrected chi connectivity index (χ4v) is 11.2. The highest BCUT2D eigenvalue weighted by Gasteiger charge is 2.18. The summed E-state index contributed by atoms with van der Waals surface area (Å²) in [5.74, 6) is -0.0437. The lowest BCUT2D eigenvalue weighted by molar-refractivity contribution is -0.143. The molecule has 0 aromatic rings. The first-order valence-electron chi connectivity index (χ1n) is 35.8. The third-order valence-corrected chi connectivity index (χ3v) is 16.7. The fourth-order valence-electron chi connectivity index (χ4n) is 11.2. The number of hydrogen-bond acceptors (Lipinski definition) is 5. The van der Waals surface area contributed by atoms with E-state index < -0.39 is 12.1 Å². The smallest absolute Gasteiger partial charge is 0.305 e. The van der Waals surface area contributed by atoms with Crippen molar-refractivity contribution in [1.29, 1.82) is 0 Å². The average molecular weight is 1110 g/mol. The molecular formula is C73H139NO5. The minimum atomic E-state index is -0.840. The van der Waals surface area contributed by atoms with E-state index in [1.165, 1.54) is 321 Å². The highest BCUT2D eigenvalue weighted by atomic mass is 16.5. The minimum Gasteiger partial charge on any atom is -0.466 e. The molecule has 6 nitrogen and oxygen atoms in total. The van der Waals surface area contributed by atoms with Gasteiger partial charge >= 0.3 is 5.97 Å². The molecule has 0 saturated carbocycles. The first-order chi connectivity index (χ1) is 39.0. The van der Waals surface area contributed by atoms with Crippen molar-refractivity contribution in [3.05, 3.63) is 36.5 Å². The van der Waals surface area contributed by atoms with Crippen molar-refractivity contribution in [2.45, 2.75) is 405 Å². The summed E-state index contributed by atoms with van der Waals surface area (Å²) in [6, 6.07) is -0.623. The highest BCUT2D eigenvalue weighted by molar-refractivity contribution is 5.76. The summed E-state index contributed by atoms with van der Waals surface area (Å²) >= 11 is 0. The summed E-state index contributed by atoms with van der Waals surface area (Å²) in [7, 11) is 0. The van der Waals surface area contributed by atoms with Gasteiger partial charge in [-0.05, 0) is 64.2 Å². The van der Waals surface area contributed by atoms with Crippen LogP contribution in [0.3, 0.4) is 0 Å². The zero-order valence-electron chi connectivity index (χ0n) is 53.4. The van der Waals surface area contributed by atoms with E-state index in [-0.39, 0.29) is 18.5 Å². The zero-order valence-corrected chi connectivity index (χ0v) is 53.4. The minimum absolute atomic E-state index is 0.0227. The van der Waals surface area contributed by atoms with Gasteiger partial charge in [-0.25, -0.2) is 0 Å². The van der Waals surface area contributed by atoms with Crippen LogP contribution in [0.4, 0.5) is 0 Å². The molecule has 2 unspecified atom stereocenters. The highest BCUT2D eigenvalue weighted by Crippen LogP contribution is 2.18. The maximum Gasteiger partial charge on any atom is 0.305 e. The Labute approximate surface area is 494 Å². The molecule has 3 N–H and O–H groups in total. The number of hydrogen-bond donors (Lipinski definition) is 3. The molecule has 0 aromatic heterocycles. The molecule has 0 fully saturated rings. The molecule has 0 saturated heterocycles. The van der Waals surface area contributed by atoms with Gasteiger partial charge in [-0.1, -0.05) is 352 Å². The number of esters is 1. The van der Waals surface area contributed by atoms with Crippen LogP contribution in [0.2, 0.25) is 0 Å². The van der Waals surface area contributed by atoms with Gasteiger partial charge in [0.25, 0.3) is 0 Å². The quantitative estimate of drug-likeness (QED) is 0.0320. The SMILES string of the molecule is CCCCCCCCC/C=C/C(O)C(CO)NC(=O)CCCCCCCCCCCCCCCCCCC/C=C\C/C=C\CCCCCCCCCCCCCCCCCOC(=O)CCCCCCCCCCCCCCCC. The molecule has 79 heavy (non-hydrogen) atoms. The van der Waals surface area contributed by atoms with E-state index in [1.54, 1.807) is 6.08 Å². The van der Waals surface area contributed by atoms with E-state index in [1.807, 2.05) is 6.08 Å². The van der Waals surface area contributed by atoms with Gasteiger partial charge in [0.1, 0.15) is 0 Å². The summed E-state index contributed by atoms with van der Waals surface area (Å²) in [4.78, 5) is 24.5. The molecule has 466 valence electrons. The number of amides is 1. The van der Waals surface area contributed by atoms with E-state index >= 15 is 0 Å². The third-order valence-electron chi connectivity index (χ3n) is 16.7. The van der Waals surface area contributed by atoms with Gasteiger partial charge in [0.15, 0.2) is 0 Å². The molecule has 0 bridgehead atoms. The van der Waals surface area contributed by atoms with Gasteiger partial charge < -0.3 is 20.3 Å². The number of nitrogens with one attached hydrogen (secondary N) is 1. The van der Waals surface area contributed by atoms with Crippen LogP contribution < -0.4 is 5.32 Å². The summed E-state index contributed by atoms with van der Waals surface area (Å²) in [6.07, 6.45) is 88.3. The normalized spacial score (nSPS) is 12.7. The Morgan fingerprint density at radius 3 is 0.962 bits per heavy atom. The summed E-state index contributed by atoms with van der Waals surface area (Å²) < 4.78 is 5.50. The van der Waals surface area contributed by atoms with Crippen LogP contribution in [0.25, 0.3) is 0 Å². The van der Waals surface area contributed by atoms with Gasteiger partial charge in [-0.3, -0.25) is 9.59 Å². The first-order valence-corrected chi connectivity index (χ1v) is 35.8. The van der Waals surface area contributed by atoms with E-state index in [0.29, 0.717) is 19.4 Å². The van der Waals surface area contributed by atoms with Crippen LogP contribution in [0.5, 0.6) is 0 Å². The number of ether oxygens (including phenoxy) is 1. The van der Waals surface area contributed by atoms with Crippen LogP contribution in [-0.2, 0) is 14.3 Å². The van der Waals surface area contributed by atoms with Crippen LogP contribution in [0.1, 0.15) is 393 Å². The number of carbonyl (C=O) groups is 2. The Bertz CT molecular complexity index is 1280. The molecule has 0 aliphatic carbocycles. The molecule has 0 spiro atoms. The fraction of sp³-hybridized carbons (Fsp3) is 0.890. The predicted octanol–water partition coefficient (Wildman–Crippen LogP) is 23.1. The predicted molar refractivity (Wildman–Crippen MR) is 347 cm³/mol. The summed E-state index contributed by atoms with van der Waals surface area (Å²) in [5.41, 5.74) is 0. The van der Waals surface area contributed by atoms with Gasteiger partial charge in [-0.15, -0.1) is 0 Å².